The highest BCUT2D eigenvalue weighted by atomic mass is 32.1. The molecule has 0 amide bonds. The maximum atomic E-state index is 12.6. The molecule has 3 rings (SSSR count). The largest absolute Gasteiger partial charge is 0.367 e. The zero-order valence-corrected chi connectivity index (χ0v) is 16.0. The molecule has 0 atom stereocenters. The van der Waals surface area contributed by atoms with Crippen LogP contribution in [-0.4, -0.2) is 39.0 Å². The molecule has 0 fully saturated rings. The van der Waals surface area contributed by atoms with E-state index in [2.05, 4.69) is 4.98 Å². The Balaban J connectivity index is 1.90. The zero-order chi connectivity index (χ0) is 19.4. The molecule has 1 aliphatic carbocycles. The number of pyridine rings is 1. The van der Waals surface area contributed by atoms with Gasteiger partial charge in [0.15, 0.2) is 5.78 Å². The summed E-state index contributed by atoms with van der Waals surface area (Å²) in [5, 5.41) is 2.87. The molecule has 4 N–H and O–H groups in total. The molecule has 2 heterocycles. The second-order valence-electron chi connectivity index (χ2n) is 6.45. The van der Waals surface area contributed by atoms with Crippen molar-refractivity contribution in [3.63, 3.8) is 0 Å². The van der Waals surface area contributed by atoms with E-state index in [0.717, 1.165) is 29.7 Å². The third-order valence-electron chi connectivity index (χ3n) is 4.55. The predicted molar refractivity (Wildman–Crippen MR) is 107 cm³/mol. The van der Waals surface area contributed by atoms with Gasteiger partial charge >= 0.3 is 0 Å². The minimum absolute atomic E-state index is 0.0379. The summed E-state index contributed by atoms with van der Waals surface area (Å²) >= 11 is 5.54. The number of rotatable bonds is 5. The van der Waals surface area contributed by atoms with Crippen LogP contribution in [0.3, 0.4) is 0 Å². The molecular formula is C19H23N5O2S. The SMILES string of the molecule is Cc1cnccc1CN(N)C1=C(C(=S)N(N)C2=CCCC=C2)C(=O)COC1. The maximum Gasteiger partial charge on any atom is 0.193 e. The third kappa shape index (κ3) is 4.30. The number of ketones is 1. The van der Waals surface area contributed by atoms with Gasteiger partial charge in [-0.3, -0.25) is 14.8 Å². The molecule has 1 aromatic rings. The molecule has 0 saturated heterocycles. The van der Waals surface area contributed by atoms with Gasteiger partial charge in [-0.25, -0.2) is 11.7 Å². The van der Waals surface area contributed by atoms with Crippen LogP contribution in [0.1, 0.15) is 24.0 Å². The van der Waals surface area contributed by atoms with Gasteiger partial charge in [0.25, 0.3) is 0 Å². The van der Waals surface area contributed by atoms with Crippen molar-refractivity contribution in [1.29, 1.82) is 0 Å². The van der Waals surface area contributed by atoms with Crippen LogP contribution in [0.4, 0.5) is 0 Å². The Morgan fingerprint density at radius 3 is 2.85 bits per heavy atom. The van der Waals surface area contributed by atoms with E-state index in [-0.39, 0.29) is 24.0 Å². The second-order valence-corrected chi connectivity index (χ2v) is 6.84. The molecule has 0 saturated carbocycles. The number of carbonyl (C=O) groups excluding carboxylic acids is 1. The Bertz CT molecular complexity index is 846. The summed E-state index contributed by atoms with van der Waals surface area (Å²) in [6.45, 7) is 2.52. The first-order chi connectivity index (χ1) is 13.0. The topological polar surface area (TPSA) is 97.7 Å². The van der Waals surface area contributed by atoms with Crippen LogP contribution in [-0.2, 0) is 16.1 Å². The van der Waals surface area contributed by atoms with Crippen LogP contribution >= 0.6 is 12.2 Å². The normalized spacial score (nSPS) is 17.0. The standard InChI is InChI=1S/C19H23N5O2S/c1-13-9-22-8-7-14(13)10-23(20)16-11-26-12-17(25)18(16)19(27)24(21)15-5-3-2-4-6-15/h3,5-9H,2,4,10-12,20-21H2,1H3. The van der Waals surface area contributed by atoms with Gasteiger partial charge in [-0.2, -0.15) is 0 Å². The minimum atomic E-state index is -0.223. The van der Waals surface area contributed by atoms with E-state index in [9.17, 15) is 4.79 Å². The van der Waals surface area contributed by atoms with E-state index < -0.39 is 0 Å². The Labute approximate surface area is 163 Å². The average Bonchev–Trinajstić information content (AvgIpc) is 2.69. The quantitative estimate of drug-likeness (QED) is 0.449. The van der Waals surface area contributed by atoms with Gasteiger partial charge in [0, 0.05) is 12.4 Å². The van der Waals surface area contributed by atoms with E-state index in [1.54, 1.807) is 12.4 Å². The van der Waals surface area contributed by atoms with E-state index >= 15 is 0 Å². The molecular weight excluding hydrogens is 362 g/mol. The molecule has 8 heteroatoms. The van der Waals surface area contributed by atoms with Crippen molar-refractivity contribution in [2.45, 2.75) is 26.3 Å². The maximum absolute atomic E-state index is 12.6. The van der Waals surface area contributed by atoms with Crippen LogP contribution in [0.15, 0.2) is 53.7 Å². The summed E-state index contributed by atoms with van der Waals surface area (Å²) in [7, 11) is 0. The number of aryl methyl sites for hydroxylation is 1. The molecule has 1 aromatic heterocycles. The lowest BCUT2D eigenvalue weighted by Gasteiger charge is -2.31. The Kier molecular flexibility index (Phi) is 6.12. The number of nitrogens with two attached hydrogens (primary N) is 2. The molecule has 0 aromatic carbocycles. The highest BCUT2D eigenvalue weighted by Crippen LogP contribution is 2.22. The fourth-order valence-electron chi connectivity index (χ4n) is 2.99. The predicted octanol–water partition coefficient (Wildman–Crippen LogP) is 1.66. The number of allylic oxidation sites excluding steroid dienone is 3. The number of carbonyl (C=O) groups is 1. The van der Waals surface area contributed by atoms with Crippen LogP contribution in [0.25, 0.3) is 0 Å². The van der Waals surface area contributed by atoms with Crippen LogP contribution in [0, 0.1) is 6.92 Å². The van der Waals surface area contributed by atoms with Crippen molar-refractivity contribution in [3.8, 4) is 0 Å². The van der Waals surface area contributed by atoms with Crippen LogP contribution < -0.4 is 11.7 Å². The molecule has 0 radical (unpaired) electrons. The van der Waals surface area contributed by atoms with E-state index in [0.29, 0.717) is 17.8 Å². The number of Topliss-reactive ketones (excluding diaryl/α,β-unsaturated/α-hetero) is 1. The number of hydrogen-bond acceptors (Lipinski definition) is 7. The van der Waals surface area contributed by atoms with E-state index in [1.165, 1.54) is 10.0 Å². The summed E-state index contributed by atoms with van der Waals surface area (Å²) in [5.41, 5.74) is 3.66. The zero-order valence-electron chi connectivity index (χ0n) is 15.2. The molecule has 0 spiro atoms. The number of nitrogens with zero attached hydrogens (tertiary/aromatic N) is 3. The van der Waals surface area contributed by atoms with Crippen LogP contribution in [0.5, 0.6) is 0 Å². The van der Waals surface area contributed by atoms with Gasteiger partial charge < -0.3 is 9.75 Å². The van der Waals surface area contributed by atoms with Crippen LogP contribution in [0.2, 0.25) is 0 Å². The molecule has 1 aliphatic heterocycles. The Hall–Kier alpha value is -2.39. The van der Waals surface area contributed by atoms with E-state index in [1.807, 2.05) is 31.2 Å². The van der Waals surface area contributed by atoms with Gasteiger partial charge in [-0.05, 0) is 43.0 Å². The molecule has 0 bridgehead atoms. The highest BCUT2D eigenvalue weighted by Gasteiger charge is 2.30. The first kappa shape index (κ1) is 19.4. The number of hydrogen-bond donors (Lipinski definition) is 2. The van der Waals surface area contributed by atoms with Gasteiger partial charge in [0.05, 0.1) is 30.1 Å². The molecule has 0 unspecified atom stereocenters. The molecule has 2 aliphatic rings. The number of hydrazine groups is 2. The van der Waals surface area contributed by atoms with Crippen molar-refractivity contribution in [2.75, 3.05) is 13.2 Å². The first-order valence-electron chi connectivity index (χ1n) is 8.70. The van der Waals surface area contributed by atoms with Gasteiger partial charge in [-0.1, -0.05) is 24.4 Å². The van der Waals surface area contributed by atoms with E-state index in [4.69, 9.17) is 28.6 Å². The number of thiocarbonyl (C=S) groups is 1. The van der Waals surface area contributed by atoms with Crippen molar-refractivity contribution in [1.82, 2.24) is 15.0 Å². The summed E-state index contributed by atoms with van der Waals surface area (Å²) in [5.74, 6) is 12.3. The number of aromatic nitrogens is 1. The smallest absolute Gasteiger partial charge is 0.193 e. The lowest BCUT2D eigenvalue weighted by atomic mass is 10.0. The Morgan fingerprint density at radius 2 is 2.15 bits per heavy atom. The van der Waals surface area contributed by atoms with Gasteiger partial charge in [0.1, 0.15) is 11.6 Å². The minimum Gasteiger partial charge on any atom is -0.367 e. The van der Waals surface area contributed by atoms with Crippen molar-refractivity contribution >= 4 is 23.0 Å². The van der Waals surface area contributed by atoms with Gasteiger partial charge in [-0.15, -0.1) is 0 Å². The molecule has 27 heavy (non-hydrogen) atoms. The van der Waals surface area contributed by atoms with Crippen molar-refractivity contribution in [2.24, 2.45) is 11.7 Å². The third-order valence-corrected chi connectivity index (χ3v) is 4.95. The summed E-state index contributed by atoms with van der Waals surface area (Å²) in [6.07, 6.45) is 11.3. The molecule has 7 nitrogen and oxygen atoms in total. The Morgan fingerprint density at radius 1 is 1.33 bits per heavy atom. The fraction of sp³-hybridized carbons (Fsp3) is 0.316. The molecule has 142 valence electrons. The lowest BCUT2D eigenvalue weighted by molar-refractivity contribution is -0.120. The summed E-state index contributed by atoms with van der Waals surface area (Å²) in [4.78, 5) is 16.9. The average molecular weight is 385 g/mol. The highest BCUT2D eigenvalue weighted by molar-refractivity contribution is 7.80. The van der Waals surface area contributed by atoms with Crippen molar-refractivity contribution in [3.05, 3.63) is 64.8 Å². The fourth-order valence-corrected chi connectivity index (χ4v) is 3.33. The number of ether oxygens (including phenoxy) is 1. The van der Waals surface area contributed by atoms with Gasteiger partial charge in [0.2, 0.25) is 0 Å². The van der Waals surface area contributed by atoms with Crippen molar-refractivity contribution < 1.29 is 9.53 Å². The lowest BCUT2D eigenvalue weighted by Crippen LogP contribution is -2.44. The first-order valence-corrected chi connectivity index (χ1v) is 9.11. The summed E-state index contributed by atoms with van der Waals surface area (Å²) in [6, 6.07) is 1.89. The monoisotopic (exact) mass is 385 g/mol. The summed E-state index contributed by atoms with van der Waals surface area (Å²) < 4.78 is 5.40. The second kappa shape index (κ2) is 8.53.